The molecule has 1 aliphatic heterocycles. The van der Waals surface area contributed by atoms with Crippen molar-refractivity contribution in [3.05, 3.63) is 48.6 Å². The SMILES string of the molecule is CN(C)CCCC(=O)OC1CCCCCCCCC=CCC=CCCCCC(=O)OCCOC(=O)CCCCC=CCC=CCCCCCCCC1. The molecule has 0 aromatic rings. The molecule has 0 saturated heterocycles. The summed E-state index contributed by atoms with van der Waals surface area (Å²) in [6.07, 6.45) is 46.6. The summed E-state index contributed by atoms with van der Waals surface area (Å²) in [6.45, 7) is 1.18. The van der Waals surface area contributed by atoms with Crippen LogP contribution < -0.4 is 0 Å². The summed E-state index contributed by atoms with van der Waals surface area (Å²) in [5.74, 6) is -0.469. The molecular formula is C45H77NO6. The summed E-state index contributed by atoms with van der Waals surface area (Å²) >= 11 is 0. The van der Waals surface area contributed by atoms with Crippen LogP contribution >= 0.6 is 0 Å². The van der Waals surface area contributed by atoms with E-state index >= 15 is 0 Å². The van der Waals surface area contributed by atoms with Gasteiger partial charge in [0.15, 0.2) is 0 Å². The van der Waals surface area contributed by atoms with Crippen LogP contribution in [0.3, 0.4) is 0 Å². The largest absolute Gasteiger partial charge is 0.462 e. The van der Waals surface area contributed by atoms with Gasteiger partial charge in [0.1, 0.15) is 19.3 Å². The van der Waals surface area contributed by atoms with Gasteiger partial charge in [-0.2, -0.15) is 0 Å². The van der Waals surface area contributed by atoms with Gasteiger partial charge in [-0.25, -0.2) is 0 Å². The standard InChI is InChI=1S/C45H77NO6/c1-46(2)39-33-38-45(49)52-42-34-29-25-21-17-13-9-5-3-7-11-15-19-23-27-31-36-43(47)50-40-41-51-44(48)37-32-28-24-20-16-12-8-4-6-10-14-18-22-26-30-35-42/h3-4,7-8,15-16,19-20,42H,5-6,9-14,17-18,21-41H2,1-2H3. The van der Waals surface area contributed by atoms with Crippen molar-refractivity contribution in [3.63, 3.8) is 0 Å². The van der Waals surface area contributed by atoms with Crippen LogP contribution in [0.2, 0.25) is 0 Å². The average molecular weight is 728 g/mol. The molecule has 0 spiro atoms. The summed E-state index contributed by atoms with van der Waals surface area (Å²) in [7, 11) is 4.09. The van der Waals surface area contributed by atoms with E-state index in [4.69, 9.17) is 14.2 Å². The molecule has 298 valence electrons. The van der Waals surface area contributed by atoms with E-state index in [-0.39, 0.29) is 37.2 Å². The van der Waals surface area contributed by atoms with Crippen LogP contribution in [0, 0.1) is 0 Å². The first-order valence-corrected chi connectivity index (χ1v) is 21.2. The maximum atomic E-state index is 12.6. The molecule has 7 nitrogen and oxygen atoms in total. The topological polar surface area (TPSA) is 82.1 Å². The maximum Gasteiger partial charge on any atom is 0.306 e. The second kappa shape index (κ2) is 36.7. The van der Waals surface area contributed by atoms with Gasteiger partial charge in [0.05, 0.1) is 0 Å². The van der Waals surface area contributed by atoms with Crippen LogP contribution in [0.5, 0.6) is 0 Å². The Morgan fingerprint density at radius 2 is 0.962 bits per heavy atom. The Morgan fingerprint density at radius 1 is 0.577 bits per heavy atom. The highest BCUT2D eigenvalue weighted by Gasteiger charge is 2.14. The summed E-state index contributed by atoms with van der Waals surface area (Å²) in [5.41, 5.74) is 0. The number of carbonyl (C=O) groups is 3. The van der Waals surface area contributed by atoms with Crippen LogP contribution in [0.1, 0.15) is 180 Å². The molecule has 0 aromatic carbocycles. The normalized spacial score (nSPS) is 21.4. The first-order valence-electron chi connectivity index (χ1n) is 21.2. The van der Waals surface area contributed by atoms with E-state index in [0.717, 1.165) is 103 Å². The lowest BCUT2D eigenvalue weighted by Gasteiger charge is -2.18. The third kappa shape index (κ3) is 34.4. The van der Waals surface area contributed by atoms with E-state index in [1.54, 1.807) is 0 Å². The Bertz CT molecular complexity index is 920. The summed E-state index contributed by atoms with van der Waals surface area (Å²) in [4.78, 5) is 38.6. The molecule has 0 aromatic heterocycles. The van der Waals surface area contributed by atoms with Crippen molar-refractivity contribution in [2.75, 3.05) is 33.9 Å². The van der Waals surface area contributed by atoms with Gasteiger partial charge in [0.2, 0.25) is 0 Å². The second-order valence-electron chi connectivity index (χ2n) is 14.7. The minimum absolute atomic E-state index is 0.0211. The van der Waals surface area contributed by atoms with Gasteiger partial charge in [-0.05, 0) is 130 Å². The molecule has 0 saturated carbocycles. The molecule has 0 fully saturated rings. The number of carbonyl (C=O) groups excluding carboxylic acids is 3. The second-order valence-corrected chi connectivity index (χ2v) is 14.7. The maximum absolute atomic E-state index is 12.6. The average Bonchev–Trinajstić information content (AvgIpc) is 3.12. The minimum atomic E-state index is -0.224. The van der Waals surface area contributed by atoms with E-state index in [1.807, 2.05) is 14.1 Å². The minimum Gasteiger partial charge on any atom is -0.462 e. The number of nitrogens with zero attached hydrogens (tertiary/aromatic N) is 1. The molecule has 0 unspecified atom stereocenters. The molecule has 0 radical (unpaired) electrons. The Balaban J connectivity index is 2.44. The van der Waals surface area contributed by atoms with E-state index in [0.29, 0.717) is 19.3 Å². The van der Waals surface area contributed by atoms with Gasteiger partial charge in [0, 0.05) is 19.3 Å². The molecular weight excluding hydrogens is 650 g/mol. The van der Waals surface area contributed by atoms with E-state index < -0.39 is 0 Å². The molecule has 7 heteroatoms. The highest BCUT2D eigenvalue weighted by molar-refractivity contribution is 5.70. The zero-order chi connectivity index (χ0) is 37.6. The number of hydrogen-bond acceptors (Lipinski definition) is 7. The Labute approximate surface area is 319 Å². The van der Waals surface area contributed by atoms with Crippen LogP contribution in [-0.2, 0) is 28.6 Å². The number of esters is 3. The van der Waals surface area contributed by atoms with Gasteiger partial charge in [0.25, 0.3) is 0 Å². The highest BCUT2D eigenvalue weighted by atomic mass is 16.6. The molecule has 1 rings (SSSR count). The van der Waals surface area contributed by atoms with E-state index in [9.17, 15) is 14.4 Å². The fourth-order valence-corrected chi connectivity index (χ4v) is 6.26. The van der Waals surface area contributed by atoms with Crippen molar-refractivity contribution < 1.29 is 28.6 Å². The summed E-state index contributed by atoms with van der Waals surface area (Å²) in [5, 5.41) is 0. The van der Waals surface area contributed by atoms with Crippen LogP contribution in [0.15, 0.2) is 48.6 Å². The molecule has 1 aliphatic rings. The van der Waals surface area contributed by atoms with Gasteiger partial charge >= 0.3 is 17.9 Å². The Morgan fingerprint density at radius 3 is 1.38 bits per heavy atom. The lowest BCUT2D eigenvalue weighted by atomic mass is 10.0. The van der Waals surface area contributed by atoms with Crippen LogP contribution in [0.4, 0.5) is 0 Å². The van der Waals surface area contributed by atoms with Crippen molar-refractivity contribution in [3.8, 4) is 0 Å². The first kappa shape index (κ1) is 47.4. The summed E-state index contributed by atoms with van der Waals surface area (Å²) < 4.78 is 16.4. The zero-order valence-corrected chi connectivity index (χ0v) is 33.5. The van der Waals surface area contributed by atoms with Crippen molar-refractivity contribution in [1.29, 1.82) is 0 Å². The van der Waals surface area contributed by atoms with Crippen molar-refractivity contribution in [2.45, 2.75) is 186 Å². The lowest BCUT2D eigenvalue weighted by Crippen LogP contribution is -2.20. The van der Waals surface area contributed by atoms with Crippen molar-refractivity contribution in [2.24, 2.45) is 0 Å². The van der Waals surface area contributed by atoms with Crippen LogP contribution in [-0.4, -0.2) is 62.8 Å². The fraction of sp³-hybridized carbons (Fsp3) is 0.756. The van der Waals surface area contributed by atoms with E-state index in [2.05, 4.69) is 53.5 Å². The molecule has 52 heavy (non-hydrogen) atoms. The zero-order valence-electron chi connectivity index (χ0n) is 33.5. The van der Waals surface area contributed by atoms with Gasteiger partial charge in [-0.1, -0.05) is 100.0 Å². The third-order valence-electron chi connectivity index (χ3n) is 9.40. The van der Waals surface area contributed by atoms with Crippen LogP contribution in [0.25, 0.3) is 0 Å². The van der Waals surface area contributed by atoms with Gasteiger partial charge < -0.3 is 19.1 Å². The predicted molar refractivity (Wildman–Crippen MR) is 216 cm³/mol. The highest BCUT2D eigenvalue weighted by Crippen LogP contribution is 2.18. The quantitative estimate of drug-likeness (QED) is 0.158. The number of hydrogen-bond donors (Lipinski definition) is 0. The number of ether oxygens (including phenoxy) is 3. The molecule has 0 bridgehead atoms. The first-order chi connectivity index (χ1) is 25.5. The molecule has 0 atom stereocenters. The molecule has 1 heterocycles. The lowest BCUT2D eigenvalue weighted by molar-refractivity contribution is -0.152. The van der Waals surface area contributed by atoms with Crippen molar-refractivity contribution in [1.82, 2.24) is 4.90 Å². The fourth-order valence-electron chi connectivity index (χ4n) is 6.26. The summed E-state index contributed by atoms with van der Waals surface area (Å²) in [6, 6.07) is 0. The smallest absolute Gasteiger partial charge is 0.306 e. The molecule has 0 N–H and O–H groups in total. The molecule has 0 aliphatic carbocycles. The number of allylic oxidation sites excluding steroid dienone is 8. The van der Waals surface area contributed by atoms with Crippen molar-refractivity contribution >= 4 is 17.9 Å². The predicted octanol–water partition coefficient (Wildman–Crippen LogP) is 11.7. The Kier molecular flexibility index (Phi) is 33.4. The number of rotatable bonds is 5. The van der Waals surface area contributed by atoms with E-state index in [1.165, 1.54) is 64.2 Å². The van der Waals surface area contributed by atoms with Gasteiger partial charge in [-0.15, -0.1) is 0 Å². The third-order valence-corrected chi connectivity index (χ3v) is 9.40. The van der Waals surface area contributed by atoms with Gasteiger partial charge in [-0.3, -0.25) is 14.4 Å². The monoisotopic (exact) mass is 728 g/mol. The Hall–Kier alpha value is -2.67. The number of cyclic esters (lactones) is 2. The molecule has 0 amide bonds.